The maximum Gasteiger partial charge on any atom is 0.226 e. The molecule has 0 aliphatic heterocycles. The Balaban J connectivity index is 1.67. The first kappa shape index (κ1) is 13.5. The molecule has 2 aliphatic rings. The van der Waals surface area contributed by atoms with Crippen molar-refractivity contribution in [3.8, 4) is 0 Å². The quantitative estimate of drug-likeness (QED) is 0.837. The molecule has 2 N–H and O–H groups in total. The van der Waals surface area contributed by atoms with Gasteiger partial charge in [-0.3, -0.25) is 4.79 Å². The fourth-order valence-electron chi connectivity index (χ4n) is 3.85. The van der Waals surface area contributed by atoms with Gasteiger partial charge in [0.25, 0.3) is 0 Å². The number of carbonyl (C=O) groups excluding carboxylic acids is 1. The standard InChI is InChI=1S/C17H24N2O/c1-2-9-19(11-12-5-3-6-13(18)10-12)17(20)16-14-7-4-8-15(14)16/h3,5-6,10,14-16H,2,4,7-9,11,18H2,1H3. The monoisotopic (exact) mass is 272 g/mol. The van der Waals surface area contributed by atoms with Gasteiger partial charge in [-0.05, 0) is 48.8 Å². The molecule has 3 nitrogen and oxygen atoms in total. The predicted octanol–water partition coefficient (Wildman–Crippen LogP) is 3.05. The lowest BCUT2D eigenvalue weighted by Crippen LogP contribution is -2.33. The van der Waals surface area contributed by atoms with E-state index in [1.165, 1.54) is 19.3 Å². The molecule has 0 bridgehead atoms. The zero-order chi connectivity index (χ0) is 14.1. The van der Waals surface area contributed by atoms with Crippen molar-refractivity contribution in [1.82, 2.24) is 4.90 Å². The van der Waals surface area contributed by atoms with Crippen molar-refractivity contribution in [2.45, 2.75) is 39.2 Å². The van der Waals surface area contributed by atoms with E-state index in [4.69, 9.17) is 5.73 Å². The van der Waals surface area contributed by atoms with Crippen LogP contribution < -0.4 is 5.73 Å². The highest BCUT2D eigenvalue weighted by molar-refractivity contribution is 5.82. The van der Waals surface area contributed by atoms with E-state index < -0.39 is 0 Å². The Morgan fingerprint density at radius 1 is 1.35 bits per heavy atom. The Morgan fingerprint density at radius 3 is 2.75 bits per heavy atom. The molecule has 2 saturated carbocycles. The van der Waals surface area contributed by atoms with Gasteiger partial charge in [-0.2, -0.15) is 0 Å². The molecule has 0 saturated heterocycles. The fraction of sp³-hybridized carbons (Fsp3) is 0.588. The number of fused-ring (bicyclic) bond motifs is 1. The van der Waals surface area contributed by atoms with Crippen LogP contribution in [0.5, 0.6) is 0 Å². The highest BCUT2D eigenvalue weighted by atomic mass is 16.2. The SMILES string of the molecule is CCCN(Cc1cccc(N)c1)C(=O)C1C2CCCC21. The first-order valence-corrected chi connectivity index (χ1v) is 7.84. The molecule has 0 heterocycles. The van der Waals surface area contributed by atoms with Crippen LogP contribution in [0.25, 0.3) is 0 Å². The fourth-order valence-corrected chi connectivity index (χ4v) is 3.85. The molecule has 2 unspecified atom stereocenters. The van der Waals surface area contributed by atoms with Crippen molar-refractivity contribution >= 4 is 11.6 Å². The zero-order valence-corrected chi connectivity index (χ0v) is 12.2. The number of benzene rings is 1. The minimum absolute atomic E-state index is 0.330. The van der Waals surface area contributed by atoms with Gasteiger partial charge < -0.3 is 10.6 Å². The van der Waals surface area contributed by atoms with E-state index in [0.717, 1.165) is 24.2 Å². The molecule has 2 fully saturated rings. The van der Waals surface area contributed by atoms with Crippen LogP contribution >= 0.6 is 0 Å². The van der Waals surface area contributed by atoms with Crippen LogP contribution in [0.2, 0.25) is 0 Å². The minimum Gasteiger partial charge on any atom is -0.399 e. The van der Waals surface area contributed by atoms with Gasteiger partial charge in [0.15, 0.2) is 0 Å². The van der Waals surface area contributed by atoms with Crippen LogP contribution in [-0.4, -0.2) is 17.4 Å². The van der Waals surface area contributed by atoms with E-state index in [-0.39, 0.29) is 0 Å². The first-order chi connectivity index (χ1) is 9.70. The number of nitrogens with zero attached hydrogens (tertiary/aromatic N) is 1. The number of nitrogen functional groups attached to an aromatic ring is 1. The topological polar surface area (TPSA) is 46.3 Å². The third kappa shape index (κ3) is 2.54. The predicted molar refractivity (Wildman–Crippen MR) is 80.9 cm³/mol. The Morgan fingerprint density at radius 2 is 2.10 bits per heavy atom. The summed E-state index contributed by atoms with van der Waals surface area (Å²) in [6, 6.07) is 7.88. The highest BCUT2D eigenvalue weighted by Crippen LogP contribution is 2.58. The molecule has 108 valence electrons. The second kappa shape index (κ2) is 5.47. The first-order valence-electron chi connectivity index (χ1n) is 7.84. The summed E-state index contributed by atoms with van der Waals surface area (Å²) in [4.78, 5) is 14.7. The van der Waals surface area contributed by atoms with E-state index in [2.05, 4.69) is 13.0 Å². The molecule has 0 spiro atoms. The van der Waals surface area contributed by atoms with Gasteiger partial charge in [0.05, 0.1) is 0 Å². The minimum atomic E-state index is 0.330. The highest BCUT2D eigenvalue weighted by Gasteiger charge is 2.57. The summed E-state index contributed by atoms with van der Waals surface area (Å²) in [7, 11) is 0. The third-order valence-electron chi connectivity index (χ3n) is 4.82. The van der Waals surface area contributed by atoms with Gasteiger partial charge in [-0.15, -0.1) is 0 Å². The van der Waals surface area contributed by atoms with E-state index >= 15 is 0 Å². The lowest BCUT2D eigenvalue weighted by Gasteiger charge is -2.23. The summed E-state index contributed by atoms with van der Waals surface area (Å²) in [5.74, 6) is 2.10. The summed E-state index contributed by atoms with van der Waals surface area (Å²) >= 11 is 0. The molecule has 20 heavy (non-hydrogen) atoms. The lowest BCUT2D eigenvalue weighted by molar-refractivity contribution is -0.134. The van der Waals surface area contributed by atoms with Crippen LogP contribution in [0, 0.1) is 17.8 Å². The number of nitrogens with two attached hydrogens (primary N) is 1. The molecular weight excluding hydrogens is 248 g/mol. The molecular formula is C17H24N2O. The van der Waals surface area contributed by atoms with E-state index in [1.807, 2.05) is 23.1 Å². The van der Waals surface area contributed by atoms with E-state index in [9.17, 15) is 4.79 Å². The maximum absolute atomic E-state index is 12.7. The Bertz CT molecular complexity index is 490. The van der Waals surface area contributed by atoms with Gasteiger partial charge in [0, 0.05) is 24.7 Å². The van der Waals surface area contributed by atoms with Crippen molar-refractivity contribution in [2.24, 2.45) is 17.8 Å². The normalized spacial score (nSPS) is 27.1. The number of anilines is 1. The summed E-state index contributed by atoms with van der Waals surface area (Å²) in [6.07, 6.45) is 4.86. The number of hydrogen-bond donors (Lipinski definition) is 1. The van der Waals surface area contributed by atoms with Crippen LogP contribution in [0.1, 0.15) is 38.2 Å². The number of carbonyl (C=O) groups is 1. The van der Waals surface area contributed by atoms with Gasteiger partial charge in [0.1, 0.15) is 0 Å². The lowest BCUT2D eigenvalue weighted by atomic mass is 10.1. The Labute approximate surface area is 121 Å². The van der Waals surface area contributed by atoms with Crippen molar-refractivity contribution < 1.29 is 4.79 Å². The molecule has 1 aromatic carbocycles. The van der Waals surface area contributed by atoms with Gasteiger partial charge in [-0.25, -0.2) is 0 Å². The average Bonchev–Trinajstić information content (AvgIpc) is 2.90. The maximum atomic E-state index is 12.7. The largest absolute Gasteiger partial charge is 0.399 e. The summed E-state index contributed by atoms with van der Waals surface area (Å²) in [5.41, 5.74) is 7.74. The summed E-state index contributed by atoms with van der Waals surface area (Å²) in [6.45, 7) is 3.69. The van der Waals surface area contributed by atoms with Crippen LogP contribution in [0.4, 0.5) is 5.69 Å². The number of rotatable bonds is 5. The van der Waals surface area contributed by atoms with Crippen LogP contribution in [0.15, 0.2) is 24.3 Å². The second-order valence-electron chi connectivity index (χ2n) is 6.29. The average molecular weight is 272 g/mol. The van der Waals surface area contributed by atoms with Crippen molar-refractivity contribution in [3.05, 3.63) is 29.8 Å². The van der Waals surface area contributed by atoms with E-state index in [0.29, 0.717) is 30.2 Å². The van der Waals surface area contributed by atoms with Crippen molar-refractivity contribution in [2.75, 3.05) is 12.3 Å². The zero-order valence-electron chi connectivity index (χ0n) is 12.2. The van der Waals surface area contributed by atoms with E-state index in [1.54, 1.807) is 0 Å². The second-order valence-corrected chi connectivity index (χ2v) is 6.29. The molecule has 3 heteroatoms. The number of hydrogen-bond acceptors (Lipinski definition) is 2. The Kier molecular flexibility index (Phi) is 3.68. The van der Waals surface area contributed by atoms with Gasteiger partial charge in [-0.1, -0.05) is 25.5 Å². The molecule has 1 aromatic rings. The molecule has 2 aliphatic carbocycles. The van der Waals surface area contributed by atoms with Crippen LogP contribution in [-0.2, 0) is 11.3 Å². The van der Waals surface area contributed by atoms with Crippen LogP contribution in [0.3, 0.4) is 0 Å². The molecule has 2 atom stereocenters. The number of amides is 1. The summed E-state index contributed by atoms with van der Waals surface area (Å²) in [5, 5.41) is 0. The third-order valence-corrected chi connectivity index (χ3v) is 4.82. The molecule has 1 amide bonds. The Hall–Kier alpha value is -1.51. The smallest absolute Gasteiger partial charge is 0.226 e. The summed E-state index contributed by atoms with van der Waals surface area (Å²) < 4.78 is 0. The van der Waals surface area contributed by atoms with Gasteiger partial charge in [0.2, 0.25) is 5.91 Å². The van der Waals surface area contributed by atoms with Crippen molar-refractivity contribution in [1.29, 1.82) is 0 Å². The molecule has 0 radical (unpaired) electrons. The molecule has 0 aromatic heterocycles. The molecule has 3 rings (SSSR count). The van der Waals surface area contributed by atoms with Crippen molar-refractivity contribution in [3.63, 3.8) is 0 Å². The van der Waals surface area contributed by atoms with Gasteiger partial charge >= 0.3 is 0 Å².